The molecule has 1 saturated heterocycles. The number of aliphatic hydroxyl groups excluding tert-OH is 1. The molecule has 0 saturated carbocycles. The summed E-state index contributed by atoms with van der Waals surface area (Å²) in [7, 11) is 0. The van der Waals surface area contributed by atoms with E-state index in [0.717, 1.165) is 19.0 Å². The molecule has 7 heteroatoms. The maximum atomic E-state index is 9.95. The Morgan fingerprint density at radius 1 is 1.57 bits per heavy atom. The normalized spacial score (nSPS) is 19.9. The van der Waals surface area contributed by atoms with Crippen molar-refractivity contribution in [2.75, 3.05) is 25.4 Å². The number of thioether (sulfide) groups is 1. The zero-order valence-corrected chi connectivity index (χ0v) is 15.4. The lowest BCUT2D eigenvalue weighted by molar-refractivity contribution is 0.158. The monoisotopic (exact) mass is 425 g/mol. The predicted molar refractivity (Wildman–Crippen MR) is 98.5 cm³/mol. The molecule has 0 spiro atoms. The lowest BCUT2D eigenvalue weighted by atomic mass is 10.2. The molecule has 0 aliphatic carbocycles. The van der Waals surface area contributed by atoms with Crippen LogP contribution in [-0.2, 0) is 0 Å². The van der Waals surface area contributed by atoms with Crippen molar-refractivity contribution < 1.29 is 9.52 Å². The van der Waals surface area contributed by atoms with Crippen molar-refractivity contribution in [3.8, 4) is 0 Å². The quantitative estimate of drug-likeness (QED) is 0.371. The lowest BCUT2D eigenvalue weighted by Gasteiger charge is -2.15. The van der Waals surface area contributed by atoms with E-state index in [0.29, 0.717) is 17.6 Å². The van der Waals surface area contributed by atoms with Crippen molar-refractivity contribution >= 4 is 41.7 Å². The molecule has 2 unspecified atom stereocenters. The number of rotatable bonds is 6. The van der Waals surface area contributed by atoms with Crippen LogP contribution in [0.5, 0.6) is 0 Å². The van der Waals surface area contributed by atoms with Crippen LogP contribution < -0.4 is 10.6 Å². The molecule has 21 heavy (non-hydrogen) atoms. The van der Waals surface area contributed by atoms with Gasteiger partial charge in [-0.25, -0.2) is 0 Å². The molecule has 0 aromatic carbocycles. The number of hydrogen-bond acceptors (Lipinski definition) is 4. The van der Waals surface area contributed by atoms with E-state index in [4.69, 9.17) is 4.42 Å². The second kappa shape index (κ2) is 10.3. The number of nitrogens with zero attached hydrogens (tertiary/aromatic N) is 1. The number of hydrogen-bond donors (Lipinski definition) is 3. The molecule has 1 aliphatic rings. The van der Waals surface area contributed by atoms with Gasteiger partial charge < -0.3 is 20.2 Å². The van der Waals surface area contributed by atoms with Crippen LogP contribution in [-0.4, -0.2) is 41.7 Å². The van der Waals surface area contributed by atoms with E-state index in [2.05, 4.69) is 15.6 Å². The molecule has 1 aliphatic heterocycles. The second-order valence-corrected chi connectivity index (χ2v) is 6.18. The minimum atomic E-state index is -0.693. The first-order valence-electron chi connectivity index (χ1n) is 7.15. The lowest BCUT2D eigenvalue weighted by Crippen LogP contribution is -2.40. The summed E-state index contributed by atoms with van der Waals surface area (Å²) in [6.07, 6.45) is 3.44. The van der Waals surface area contributed by atoms with Crippen molar-refractivity contribution in [1.29, 1.82) is 0 Å². The standard InChI is InChI=1S/C14H23N3O2S.HI/c1-2-15-14(16-9-11-5-4-8-20-11)17-10-12(18)13-6-3-7-19-13;/h3,6-7,11-12,18H,2,4-5,8-10H2,1H3,(H2,15,16,17);1H. The summed E-state index contributed by atoms with van der Waals surface area (Å²) >= 11 is 2.02. The Labute approximate surface area is 147 Å². The Morgan fingerprint density at radius 3 is 3.05 bits per heavy atom. The van der Waals surface area contributed by atoms with E-state index >= 15 is 0 Å². The molecule has 120 valence electrons. The van der Waals surface area contributed by atoms with Gasteiger partial charge in [-0.1, -0.05) is 0 Å². The van der Waals surface area contributed by atoms with Gasteiger partial charge in [-0.05, 0) is 37.7 Å². The number of aliphatic imine (C=N–C) groups is 1. The van der Waals surface area contributed by atoms with Gasteiger partial charge in [-0.2, -0.15) is 11.8 Å². The summed E-state index contributed by atoms with van der Waals surface area (Å²) < 4.78 is 5.17. The molecule has 5 nitrogen and oxygen atoms in total. The molecular weight excluding hydrogens is 401 g/mol. The highest BCUT2D eigenvalue weighted by Crippen LogP contribution is 2.25. The number of nitrogens with one attached hydrogen (secondary N) is 2. The van der Waals surface area contributed by atoms with E-state index < -0.39 is 6.10 Å². The first-order valence-corrected chi connectivity index (χ1v) is 8.19. The van der Waals surface area contributed by atoms with Crippen LogP contribution in [0.1, 0.15) is 31.6 Å². The van der Waals surface area contributed by atoms with Gasteiger partial charge in [-0.15, -0.1) is 24.0 Å². The number of aliphatic hydroxyl groups is 1. The molecule has 0 bridgehead atoms. The summed E-state index contributed by atoms with van der Waals surface area (Å²) in [5, 5.41) is 17.2. The topological polar surface area (TPSA) is 69.8 Å². The Balaban J connectivity index is 0.00000220. The first kappa shape index (κ1) is 18.6. The van der Waals surface area contributed by atoms with Crippen LogP contribution in [0.3, 0.4) is 0 Å². The fourth-order valence-corrected chi connectivity index (χ4v) is 3.31. The minimum absolute atomic E-state index is 0. The molecule has 0 amide bonds. The number of guanidine groups is 1. The molecule has 2 atom stereocenters. The maximum absolute atomic E-state index is 9.95. The number of halogens is 1. The molecule has 2 rings (SSSR count). The third-order valence-corrected chi connectivity index (χ3v) is 4.56. The molecule has 0 radical (unpaired) electrons. The van der Waals surface area contributed by atoms with Crippen molar-refractivity contribution in [2.45, 2.75) is 31.1 Å². The van der Waals surface area contributed by atoms with Gasteiger partial charge in [0.25, 0.3) is 0 Å². The fraction of sp³-hybridized carbons (Fsp3) is 0.643. The average Bonchev–Trinajstić information content (AvgIpc) is 3.13. The van der Waals surface area contributed by atoms with Gasteiger partial charge in [-0.3, -0.25) is 4.99 Å². The Kier molecular flexibility index (Phi) is 9.18. The van der Waals surface area contributed by atoms with Gasteiger partial charge in [0, 0.05) is 18.3 Å². The molecule has 2 heterocycles. The molecule has 1 fully saturated rings. The van der Waals surface area contributed by atoms with E-state index in [9.17, 15) is 5.11 Å². The maximum Gasteiger partial charge on any atom is 0.191 e. The average molecular weight is 425 g/mol. The Hall–Kier alpha value is -0.410. The largest absolute Gasteiger partial charge is 0.467 e. The van der Waals surface area contributed by atoms with E-state index in [-0.39, 0.29) is 24.0 Å². The highest BCUT2D eigenvalue weighted by Gasteiger charge is 2.16. The minimum Gasteiger partial charge on any atom is -0.467 e. The predicted octanol–water partition coefficient (Wildman–Crippen LogP) is 2.38. The van der Waals surface area contributed by atoms with Gasteiger partial charge in [0.1, 0.15) is 11.9 Å². The molecule has 1 aromatic rings. The molecule has 3 N–H and O–H groups in total. The third-order valence-electron chi connectivity index (χ3n) is 3.16. The van der Waals surface area contributed by atoms with Crippen molar-refractivity contribution in [3.05, 3.63) is 24.2 Å². The van der Waals surface area contributed by atoms with Crippen molar-refractivity contribution in [2.24, 2.45) is 4.99 Å². The first-order chi connectivity index (χ1) is 9.79. The Bertz CT molecular complexity index is 408. The Morgan fingerprint density at radius 2 is 2.43 bits per heavy atom. The van der Waals surface area contributed by atoms with Crippen molar-refractivity contribution in [3.63, 3.8) is 0 Å². The zero-order chi connectivity index (χ0) is 14.2. The van der Waals surface area contributed by atoms with Crippen LogP contribution in [0.2, 0.25) is 0 Å². The summed E-state index contributed by atoms with van der Waals surface area (Å²) in [6, 6.07) is 3.53. The number of furan rings is 1. The summed E-state index contributed by atoms with van der Waals surface area (Å²) in [5.41, 5.74) is 0. The fourth-order valence-electron chi connectivity index (χ4n) is 2.11. The summed E-state index contributed by atoms with van der Waals surface area (Å²) in [5.74, 6) is 2.57. The molecule has 1 aromatic heterocycles. The zero-order valence-electron chi connectivity index (χ0n) is 12.2. The van der Waals surface area contributed by atoms with E-state index in [1.807, 2.05) is 18.7 Å². The molecular formula is C14H24IN3O2S. The van der Waals surface area contributed by atoms with Gasteiger partial charge in [0.2, 0.25) is 0 Å². The van der Waals surface area contributed by atoms with Gasteiger partial charge in [0.05, 0.1) is 12.8 Å². The highest BCUT2D eigenvalue weighted by molar-refractivity contribution is 14.0. The second-order valence-electron chi connectivity index (χ2n) is 4.77. The van der Waals surface area contributed by atoms with Crippen LogP contribution >= 0.6 is 35.7 Å². The smallest absolute Gasteiger partial charge is 0.191 e. The van der Waals surface area contributed by atoms with Crippen LogP contribution in [0.25, 0.3) is 0 Å². The van der Waals surface area contributed by atoms with Crippen molar-refractivity contribution in [1.82, 2.24) is 10.6 Å². The van der Waals surface area contributed by atoms with Gasteiger partial charge in [0.15, 0.2) is 5.96 Å². The van der Waals surface area contributed by atoms with E-state index in [1.54, 1.807) is 18.4 Å². The summed E-state index contributed by atoms with van der Waals surface area (Å²) in [6.45, 7) is 4.05. The highest BCUT2D eigenvalue weighted by atomic mass is 127. The summed E-state index contributed by atoms with van der Waals surface area (Å²) in [4.78, 5) is 4.41. The van der Waals surface area contributed by atoms with Crippen LogP contribution in [0.4, 0.5) is 0 Å². The SMILES string of the molecule is CCNC(=NCC(O)c1ccco1)NCC1CCCS1.I. The van der Waals surface area contributed by atoms with Crippen LogP contribution in [0.15, 0.2) is 27.8 Å². The van der Waals surface area contributed by atoms with Crippen LogP contribution in [0, 0.1) is 0 Å². The third kappa shape index (κ3) is 6.48. The van der Waals surface area contributed by atoms with E-state index in [1.165, 1.54) is 18.6 Å². The van der Waals surface area contributed by atoms with Gasteiger partial charge >= 0.3 is 0 Å².